The van der Waals surface area contributed by atoms with Gasteiger partial charge in [-0.1, -0.05) is 78.9 Å². The summed E-state index contributed by atoms with van der Waals surface area (Å²) in [5.74, 6) is -1.08. The molecular formula is C33H35N3O5. The lowest BCUT2D eigenvalue weighted by molar-refractivity contribution is -0.143. The van der Waals surface area contributed by atoms with Gasteiger partial charge < -0.3 is 20.5 Å². The van der Waals surface area contributed by atoms with Gasteiger partial charge in [-0.3, -0.25) is 14.5 Å². The number of hydrogen-bond acceptors (Lipinski definition) is 5. The van der Waals surface area contributed by atoms with Gasteiger partial charge in [0, 0.05) is 25.0 Å². The molecule has 3 aromatic rings. The molecule has 0 bridgehead atoms. The van der Waals surface area contributed by atoms with E-state index in [1.807, 2.05) is 66.5 Å². The van der Waals surface area contributed by atoms with Gasteiger partial charge in [0.1, 0.15) is 12.6 Å². The molecule has 3 aliphatic carbocycles. The zero-order chi connectivity index (χ0) is 28.6. The summed E-state index contributed by atoms with van der Waals surface area (Å²) in [5.41, 5.74) is 4.92. The van der Waals surface area contributed by atoms with Gasteiger partial charge >= 0.3 is 12.1 Å². The summed E-state index contributed by atoms with van der Waals surface area (Å²) >= 11 is 0. The van der Waals surface area contributed by atoms with Gasteiger partial charge in [-0.25, -0.2) is 4.79 Å². The molecule has 4 atom stereocenters. The van der Waals surface area contributed by atoms with Crippen molar-refractivity contribution >= 4 is 18.0 Å². The zero-order valence-corrected chi connectivity index (χ0v) is 23.1. The van der Waals surface area contributed by atoms with E-state index < -0.39 is 23.5 Å². The third-order valence-electron chi connectivity index (χ3n) is 8.93. The van der Waals surface area contributed by atoms with Crippen LogP contribution in [0.3, 0.4) is 0 Å². The largest absolute Gasteiger partial charge is 0.481 e. The molecule has 2 fully saturated rings. The number of amides is 2. The number of carboxylic acids is 1. The molecule has 6 rings (SSSR count). The Balaban J connectivity index is 1.12. The molecule has 2 amide bonds. The Labute approximate surface area is 239 Å². The molecular weight excluding hydrogens is 518 g/mol. The Morgan fingerprint density at radius 3 is 2.22 bits per heavy atom. The van der Waals surface area contributed by atoms with Crippen molar-refractivity contribution in [2.24, 2.45) is 11.3 Å². The number of carbonyl (C=O) groups is 3. The third kappa shape index (κ3) is 5.44. The Kier molecular flexibility index (Phi) is 7.26. The summed E-state index contributed by atoms with van der Waals surface area (Å²) < 4.78 is 5.74. The molecule has 3 N–H and O–H groups in total. The number of fused-ring (bicyclic) bond motifs is 4. The van der Waals surface area contributed by atoms with Crippen molar-refractivity contribution in [1.29, 1.82) is 0 Å². The van der Waals surface area contributed by atoms with Crippen LogP contribution >= 0.6 is 0 Å². The van der Waals surface area contributed by atoms with Gasteiger partial charge in [-0.15, -0.1) is 0 Å². The molecule has 212 valence electrons. The number of benzene rings is 3. The number of alkyl carbamates (subject to hydrolysis) is 1. The Hall–Kier alpha value is -4.17. The Morgan fingerprint density at radius 1 is 0.951 bits per heavy atom. The number of nitrogens with zero attached hydrogens (tertiary/aromatic N) is 1. The number of rotatable bonds is 10. The van der Waals surface area contributed by atoms with Crippen LogP contribution in [-0.2, 0) is 20.9 Å². The van der Waals surface area contributed by atoms with E-state index in [9.17, 15) is 19.5 Å². The van der Waals surface area contributed by atoms with Gasteiger partial charge in [0.15, 0.2) is 0 Å². The highest BCUT2D eigenvalue weighted by Gasteiger charge is 2.65. The van der Waals surface area contributed by atoms with Crippen LogP contribution in [0, 0.1) is 11.3 Å². The fourth-order valence-corrected chi connectivity index (χ4v) is 6.81. The number of aliphatic carboxylic acids is 1. The standard InChI is InChI=1S/C33H35N3O5/c1-36(18-21-9-3-2-4-10-21)19-29(30(37)34-23-15-22-16-33(22,17-23)31(38)39)35-32(40)41-20-28-26-13-7-5-11-24(26)25-12-6-8-14-27(25)28/h2-14,22-23,28-29H,15-20H2,1H3,(H,34,37)(H,35,40)(H,38,39)/t22-,23+,29?,33+/m0/s1. The normalized spacial score (nSPS) is 22.8. The minimum Gasteiger partial charge on any atom is -0.481 e. The molecule has 3 aliphatic rings. The van der Waals surface area contributed by atoms with Crippen molar-refractivity contribution in [2.45, 2.75) is 43.8 Å². The summed E-state index contributed by atoms with van der Waals surface area (Å²) in [6.45, 7) is 1.02. The Morgan fingerprint density at radius 2 is 1.59 bits per heavy atom. The average molecular weight is 554 g/mol. The van der Waals surface area contributed by atoms with Crippen LogP contribution in [0.4, 0.5) is 4.79 Å². The number of hydrogen-bond donors (Lipinski definition) is 3. The van der Waals surface area contributed by atoms with Gasteiger partial charge in [0.05, 0.1) is 5.41 Å². The third-order valence-corrected chi connectivity index (χ3v) is 8.93. The van der Waals surface area contributed by atoms with Crippen LogP contribution in [0.15, 0.2) is 78.9 Å². The highest BCUT2D eigenvalue weighted by atomic mass is 16.5. The molecule has 41 heavy (non-hydrogen) atoms. The van der Waals surface area contributed by atoms with Gasteiger partial charge in [-0.2, -0.15) is 0 Å². The van der Waals surface area contributed by atoms with E-state index in [-0.39, 0.29) is 36.9 Å². The van der Waals surface area contributed by atoms with Crippen LogP contribution in [0.5, 0.6) is 0 Å². The van der Waals surface area contributed by atoms with Crippen LogP contribution < -0.4 is 10.6 Å². The van der Waals surface area contributed by atoms with Crippen molar-refractivity contribution in [1.82, 2.24) is 15.5 Å². The van der Waals surface area contributed by atoms with E-state index in [0.29, 0.717) is 25.8 Å². The number of ether oxygens (including phenoxy) is 1. The van der Waals surface area contributed by atoms with Crippen molar-refractivity contribution in [3.8, 4) is 11.1 Å². The lowest BCUT2D eigenvalue weighted by Crippen LogP contribution is -2.54. The monoisotopic (exact) mass is 553 g/mol. The maximum atomic E-state index is 13.5. The maximum Gasteiger partial charge on any atom is 0.407 e. The lowest BCUT2D eigenvalue weighted by Gasteiger charge is -2.26. The summed E-state index contributed by atoms with van der Waals surface area (Å²) in [4.78, 5) is 40.3. The summed E-state index contributed by atoms with van der Waals surface area (Å²) in [6.07, 6.45) is 1.10. The smallest absolute Gasteiger partial charge is 0.407 e. The van der Waals surface area contributed by atoms with Crippen molar-refractivity contribution in [2.75, 3.05) is 20.2 Å². The second-order valence-corrected chi connectivity index (χ2v) is 11.7. The van der Waals surface area contributed by atoms with Gasteiger partial charge in [0.2, 0.25) is 5.91 Å². The first kappa shape index (κ1) is 27.0. The molecule has 8 nitrogen and oxygen atoms in total. The summed E-state index contributed by atoms with van der Waals surface area (Å²) in [6, 6.07) is 25.1. The van der Waals surface area contributed by atoms with Gasteiger partial charge in [-0.05, 0) is 60.0 Å². The van der Waals surface area contributed by atoms with Crippen LogP contribution in [0.25, 0.3) is 11.1 Å². The van der Waals surface area contributed by atoms with Gasteiger partial charge in [0.25, 0.3) is 0 Å². The SMILES string of the molecule is CN(Cc1ccccc1)CC(NC(=O)OCC1c2ccccc2-c2ccccc21)C(=O)N[C@@H]1C[C@H]2C[C@@]2(C(=O)O)C1. The number of likely N-dealkylation sites (N-methyl/N-ethyl adjacent to an activating group) is 1. The zero-order valence-electron chi connectivity index (χ0n) is 23.1. The second-order valence-electron chi connectivity index (χ2n) is 11.7. The minimum absolute atomic E-state index is 0.0846. The molecule has 0 saturated heterocycles. The van der Waals surface area contributed by atoms with E-state index in [1.54, 1.807) is 0 Å². The number of nitrogens with one attached hydrogen (secondary N) is 2. The van der Waals surface area contributed by atoms with E-state index in [2.05, 4.69) is 34.9 Å². The molecule has 2 saturated carbocycles. The highest BCUT2D eigenvalue weighted by molar-refractivity contribution is 5.87. The van der Waals surface area contributed by atoms with Crippen LogP contribution in [-0.4, -0.2) is 60.3 Å². The van der Waals surface area contributed by atoms with Crippen molar-refractivity contribution in [3.63, 3.8) is 0 Å². The second kappa shape index (κ2) is 11.0. The first-order chi connectivity index (χ1) is 19.8. The van der Waals surface area contributed by atoms with E-state index >= 15 is 0 Å². The lowest BCUT2D eigenvalue weighted by atomic mass is 9.98. The van der Waals surface area contributed by atoms with E-state index in [0.717, 1.165) is 27.8 Å². The Bertz CT molecular complexity index is 1410. The first-order valence-electron chi connectivity index (χ1n) is 14.2. The van der Waals surface area contributed by atoms with Crippen molar-refractivity contribution in [3.05, 3.63) is 95.6 Å². The fourth-order valence-electron chi connectivity index (χ4n) is 6.81. The molecule has 1 unspecified atom stereocenters. The predicted molar refractivity (Wildman–Crippen MR) is 154 cm³/mol. The quantitative estimate of drug-likeness (QED) is 0.344. The highest BCUT2D eigenvalue weighted by Crippen LogP contribution is 2.63. The molecule has 3 aromatic carbocycles. The number of carboxylic acid groups (broad SMARTS) is 1. The molecule has 0 heterocycles. The molecule has 0 aromatic heterocycles. The summed E-state index contributed by atoms with van der Waals surface area (Å²) in [7, 11) is 1.90. The molecule has 0 spiro atoms. The molecule has 8 heteroatoms. The molecule has 0 radical (unpaired) electrons. The van der Waals surface area contributed by atoms with E-state index in [4.69, 9.17) is 4.74 Å². The van der Waals surface area contributed by atoms with Crippen LogP contribution in [0.1, 0.15) is 41.9 Å². The minimum atomic E-state index is -0.864. The maximum absolute atomic E-state index is 13.5. The number of carbonyl (C=O) groups excluding carboxylic acids is 2. The predicted octanol–water partition coefficient (Wildman–Crippen LogP) is 4.40. The summed E-state index contributed by atoms with van der Waals surface area (Å²) in [5, 5.41) is 15.5. The van der Waals surface area contributed by atoms with Crippen molar-refractivity contribution < 1.29 is 24.2 Å². The van der Waals surface area contributed by atoms with E-state index in [1.165, 1.54) is 0 Å². The average Bonchev–Trinajstić information content (AvgIpc) is 3.40. The van der Waals surface area contributed by atoms with Crippen LogP contribution in [0.2, 0.25) is 0 Å². The first-order valence-corrected chi connectivity index (χ1v) is 14.2. The topological polar surface area (TPSA) is 108 Å². The molecule has 0 aliphatic heterocycles. The fraction of sp³-hybridized carbons (Fsp3) is 0.364.